The van der Waals surface area contributed by atoms with E-state index in [1.165, 1.54) is 11.2 Å². The molecule has 0 aliphatic carbocycles. The highest BCUT2D eigenvalue weighted by atomic mass is 32.1. The quantitative estimate of drug-likeness (QED) is 0.781. The summed E-state index contributed by atoms with van der Waals surface area (Å²) in [6.45, 7) is 2.81. The molecule has 1 N–H and O–H groups in total. The van der Waals surface area contributed by atoms with E-state index in [9.17, 15) is 0 Å². The number of hydrogen-bond acceptors (Lipinski definition) is 7. The summed E-state index contributed by atoms with van der Waals surface area (Å²) >= 11 is 1.68. The monoisotopic (exact) mass is 272 g/mol. The van der Waals surface area contributed by atoms with Gasteiger partial charge in [-0.3, -0.25) is 0 Å². The first kappa shape index (κ1) is 11.9. The van der Waals surface area contributed by atoms with Gasteiger partial charge in [0.1, 0.15) is 11.8 Å². The van der Waals surface area contributed by atoms with Gasteiger partial charge in [0.15, 0.2) is 11.5 Å². The summed E-state index contributed by atoms with van der Waals surface area (Å²) in [5.74, 6) is 0.722. The van der Waals surface area contributed by atoms with Gasteiger partial charge in [0.05, 0.1) is 11.2 Å². The molecule has 3 aromatic heterocycles. The van der Waals surface area contributed by atoms with E-state index < -0.39 is 0 Å². The van der Waals surface area contributed by atoms with Crippen LogP contribution in [0.1, 0.15) is 10.6 Å². The molecule has 3 heterocycles. The Bertz CT molecular complexity index is 690. The molecule has 19 heavy (non-hydrogen) atoms. The second-order valence-corrected chi connectivity index (χ2v) is 4.93. The minimum atomic E-state index is 0.606. The summed E-state index contributed by atoms with van der Waals surface area (Å²) in [5, 5.41) is 3.28. The van der Waals surface area contributed by atoms with Gasteiger partial charge in [-0.1, -0.05) is 0 Å². The molecule has 7 heteroatoms. The van der Waals surface area contributed by atoms with Crippen molar-refractivity contribution in [2.75, 3.05) is 11.9 Å². The van der Waals surface area contributed by atoms with Crippen molar-refractivity contribution >= 4 is 28.3 Å². The molecule has 0 amide bonds. The normalized spacial score (nSPS) is 10.8. The van der Waals surface area contributed by atoms with Crippen LogP contribution in [0.3, 0.4) is 0 Å². The van der Waals surface area contributed by atoms with Crippen LogP contribution in [0.4, 0.5) is 5.82 Å². The molecular weight excluding hydrogens is 260 g/mol. The van der Waals surface area contributed by atoms with Crippen molar-refractivity contribution in [2.45, 2.75) is 13.3 Å². The summed E-state index contributed by atoms with van der Waals surface area (Å²) < 4.78 is 0. The number of nitrogens with one attached hydrogen (secondary N) is 1. The van der Waals surface area contributed by atoms with Crippen LogP contribution in [-0.2, 0) is 6.42 Å². The van der Waals surface area contributed by atoms with Crippen LogP contribution >= 0.6 is 11.3 Å². The minimum absolute atomic E-state index is 0.606. The van der Waals surface area contributed by atoms with Crippen LogP contribution in [0.15, 0.2) is 24.2 Å². The molecular formula is C12H12N6S. The molecule has 0 bridgehead atoms. The van der Waals surface area contributed by atoms with Crippen molar-refractivity contribution in [1.82, 2.24) is 24.9 Å². The fraction of sp³-hybridized carbons (Fsp3) is 0.250. The van der Waals surface area contributed by atoms with E-state index >= 15 is 0 Å². The van der Waals surface area contributed by atoms with Crippen molar-refractivity contribution in [3.63, 3.8) is 0 Å². The van der Waals surface area contributed by atoms with E-state index in [1.807, 2.05) is 12.4 Å². The van der Waals surface area contributed by atoms with Crippen LogP contribution in [-0.4, -0.2) is 31.5 Å². The summed E-state index contributed by atoms with van der Waals surface area (Å²) in [6, 6.07) is 0. The molecule has 0 unspecified atom stereocenters. The van der Waals surface area contributed by atoms with Crippen molar-refractivity contribution in [2.24, 2.45) is 0 Å². The van der Waals surface area contributed by atoms with Crippen molar-refractivity contribution in [3.05, 3.63) is 34.8 Å². The lowest BCUT2D eigenvalue weighted by molar-refractivity contribution is 1.00. The number of nitrogens with zero attached hydrogens (tertiary/aromatic N) is 5. The van der Waals surface area contributed by atoms with Gasteiger partial charge in [-0.2, -0.15) is 0 Å². The molecule has 0 radical (unpaired) electrons. The Labute approximate surface area is 114 Å². The zero-order chi connectivity index (χ0) is 13.1. The van der Waals surface area contributed by atoms with Crippen LogP contribution < -0.4 is 5.32 Å². The zero-order valence-corrected chi connectivity index (χ0v) is 11.2. The molecule has 0 aromatic carbocycles. The predicted molar refractivity (Wildman–Crippen MR) is 74.2 cm³/mol. The molecule has 3 aromatic rings. The molecule has 0 aliphatic heterocycles. The number of fused-ring (bicyclic) bond motifs is 1. The molecule has 3 rings (SSSR count). The fourth-order valence-corrected chi connectivity index (χ4v) is 2.57. The maximum atomic E-state index is 4.25. The van der Waals surface area contributed by atoms with Gasteiger partial charge < -0.3 is 5.32 Å². The second-order valence-electron chi connectivity index (χ2n) is 3.99. The van der Waals surface area contributed by atoms with Crippen LogP contribution in [0.25, 0.3) is 11.2 Å². The number of anilines is 1. The van der Waals surface area contributed by atoms with Crippen LogP contribution in [0.2, 0.25) is 0 Å². The Morgan fingerprint density at radius 1 is 1.11 bits per heavy atom. The third-order valence-electron chi connectivity index (χ3n) is 2.76. The van der Waals surface area contributed by atoms with E-state index in [0.717, 1.165) is 24.5 Å². The zero-order valence-electron chi connectivity index (χ0n) is 10.4. The molecule has 6 nitrogen and oxygen atoms in total. The Balaban J connectivity index is 1.74. The van der Waals surface area contributed by atoms with E-state index in [0.29, 0.717) is 11.2 Å². The topological polar surface area (TPSA) is 76.5 Å². The highest BCUT2D eigenvalue weighted by molar-refractivity contribution is 7.09. The molecule has 0 atom stereocenters. The molecule has 96 valence electrons. The van der Waals surface area contributed by atoms with E-state index in [2.05, 4.69) is 30.2 Å². The number of thiazole rings is 1. The van der Waals surface area contributed by atoms with Crippen LogP contribution in [0.5, 0.6) is 0 Å². The van der Waals surface area contributed by atoms with Gasteiger partial charge in [-0.25, -0.2) is 24.9 Å². The first-order valence-electron chi connectivity index (χ1n) is 5.89. The minimum Gasteiger partial charge on any atom is -0.368 e. The van der Waals surface area contributed by atoms with Crippen molar-refractivity contribution in [1.29, 1.82) is 0 Å². The third kappa shape index (κ3) is 2.50. The Kier molecular flexibility index (Phi) is 3.28. The number of hydrogen-bond donors (Lipinski definition) is 1. The lowest BCUT2D eigenvalue weighted by Gasteiger charge is -2.06. The van der Waals surface area contributed by atoms with Gasteiger partial charge >= 0.3 is 0 Å². The maximum absolute atomic E-state index is 4.25. The first-order chi connectivity index (χ1) is 9.34. The Hall–Kier alpha value is -2.15. The summed E-state index contributed by atoms with van der Waals surface area (Å²) in [4.78, 5) is 22.2. The highest BCUT2D eigenvalue weighted by Crippen LogP contribution is 2.15. The number of rotatable bonds is 4. The summed E-state index contributed by atoms with van der Waals surface area (Å²) in [6.07, 6.45) is 5.68. The Morgan fingerprint density at radius 2 is 2.00 bits per heavy atom. The number of aryl methyl sites for hydroxylation is 1. The predicted octanol–water partition coefficient (Wildman–Crippen LogP) is 1.84. The van der Waals surface area contributed by atoms with E-state index in [1.54, 1.807) is 23.7 Å². The average Bonchev–Trinajstić information content (AvgIpc) is 2.85. The van der Waals surface area contributed by atoms with Gasteiger partial charge in [-0.15, -0.1) is 11.3 Å². The SMILES string of the molecule is Cc1ncsc1CCNc1ncnc2nccnc12. The van der Waals surface area contributed by atoms with Crippen LogP contribution in [0, 0.1) is 6.92 Å². The van der Waals surface area contributed by atoms with Crippen molar-refractivity contribution < 1.29 is 0 Å². The number of aromatic nitrogens is 5. The molecule has 0 saturated heterocycles. The van der Waals surface area contributed by atoms with E-state index in [4.69, 9.17) is 0 Å². The van der Waals surface area contributed by atoms with E-state index in [-0.39, 0.29) is 0 Å². The standard InChI is InChI=1S/C12H12N6S/c1-8-9(19-7-18-8)2-3-14-11-10-12(17-6-16-11)15-5-4-13-10/h4-7H,2-3H2,1H3,(H,14,15,16,17). The van der Waals surface area contributed by atoms with Gasteiger partial charge in [0, 0.05) is 30.2 Å². The maximum Gasteiger partial charge on any atom is 0.183 e. The lowest BCUT2D eigenvalue weighted by Crippen LogP contribution is -2.07. The Morgan fingerprint density at radius 3 is 2.84 bits per heavy atom. The highest BCUT2D eigenvalue weighted by Gasteiger charge is 2.06. The molecule has 0 aliphatic rings. The lowest BCUT2D eigenvalue weighted by atomic mass is 10.3. The van der Waals surface area contributed by atoms with Gasteiger partial charge in [0.2, 0.25) is 0 Å². The van der Waals surface area contributed by atoms with Gasteiger partial charge in [-0.05, 0) is 6.92 Å². The van der Waals surface area contributed by atoms with Gasteiger partial charge in [0.25, 0.3) is 0 Å². The molecule has 0 fully saturated rings. The largest absolute Gasteiger partial charge is 0.368 e. The van der Waals surface area contributed by atoms with Crippen molar-refractivity contribution in [3.8, 4) is 0 Å². The third-order valence-corrected chi connectivity index (χ3v) is 3.75. The average molecular weight is 272 g/mol. The smallest absolute Gasteiger partial charge is 0.183 e. The summed E-state index contributed by atoms with van der Waals surface area (Å²) in [5.41, 5.74) is 4.27. The summed E-state index contributed by atoms with van der Waals surface area (Å²) in [7, 11) is 0. The molecule has 0 spiro atoms. The molecule has 0 saturated carbocycles. The first-order valence-corrected chi connectivity index (χ1v) is 6.77. The fourth-order valence-electron chi connectivity index (χ4n) is 1.78. The second kappa shape index (κ2) is 5.23.